The summed E-state index contributed by atoms with van der Waals surface area (Å²) in [6, 6.07) is 6.64. The lowest BCUT2D eigenvalue weighted by atomic mass is 9.61. The number of hydrogen-bond acceptors (Lipinski definition) is 3. The van der Waals surface area contributed by atoms with Crippen LogP contribution in [0.5, 0.6) is 5.75 Å². The molecule has 0 heterocycles. The number of benzene rings is 1. The van der Waals surface area contributed by atoms with E-state index in [9.17, 15) is 5.11 Å². The Morgan fingerprint density at radius 3 is 2.32 bits per heavy atom. The number of nitrogens with two attached hydrogens (primary N) is 1. The Balaban J connectivity index is 1.73. The summed E-state index contributed by atoms with van der Waals surface area (Å²) in [5.74, 6) is 1.32. The summed E-state index contributed by atoms with van der Waals surface area (Å²) in [7, 11) is 0. The van der Waals surface area contributed by atoms with E-state index in [1.54, 1.807) is 26.0 Å². The molecular formula is C19H29NO2. The minimum Gasteiger partial charge on any atom is -0.493 e. The number of fused-ring (bicyclic) bond motifs is 3. The standard InChI is InChI=1S/C19H29NO2/c1-18(2,21)17(20)15-3-5-16(6-4-15)22-13-19-10-7-14(8-11-19)9-12-19/h3-6,14,17,21H,7-13,20H2,1-2H3/i13D2. The Bertz CT molecular complexity index is 558. The quantitative estimate of drug-likeness (QED) is 0.870. The minimum atomic E-state index is -1.65. The van der Waals surface area contributed by atoms with Crippen molar-refractivity contribution in [3.63, 3.8) is 0 Å². The maximum absolute atomic E-state index is 10.0. The molecule has 3 nitrogen and oxygen atoms in total. The molecule has 0 aliphatic heterocycles. The van der Waals surface area contributed by atoms with Crippen LogP contribution in [0.3, 0.4) is 0 Å². The van der Waals surface area contributed by atoms with Crippen LogP contribution in [0.2, 0.25) is 0 Å². The molecule has 0 aromatic heterocycles. The summed E-state index contributed by atoms with van der Waals surface area (Å²) in [5.41, 5.74) is 5.51. The molecule has 3 fully saturated rings. The van der Waals surface area contributed by atoms with Gasteiger partial charge in [-0.2, -0.15) is 0 Å². The molecule has 1 aromatic rings. The number of ether oxygens (including phenoxy) is 1. The van der Waals surface area contributed by atoms with Crippen LogP contribution in [0.4, 0.5) is 0 Å². The fourth-order valence-corrected chi connectivity index (χ4v) is 3.72. The lowest BCUT2D eigenvalue weighted by Gasteiger charge is -2.46. The summed E-state index contributed by atoms with van der Waals surface area (Å²) in [6.07, 6.45) is 6.15. The van der Waals surface area contributed by atoms with Gasteiger partial charge in [-0.15, -0.1) is 0 Å². The number of aliphatic hydroxyl groups is 1. The van der Waals surface area contributed by atoms with Crippen LogP contribution in [-0.4, -0.2) is 17.3 Å². The van der Waals surface area contributed by atoms with Gasteiger partial charge in [0, 0.05) is 5.41 Å². The maximum Gasteiger partial charge on any atom is 0.119 e. The first-order chi connectivity index (χ1) is 11.1. The Morgan fingerprint density at radius 2 is 1.82 bits per heavy atom. The molecule has 3 heteroatoms. The topological polar surface area (TPSA) is 55.5 Å². The molecule has 22 heavy (non-hydrogen) atoms. The summed E-state index contributed by atoms with van der Waals surface area (Å²) >= 11 is 0. The zero-order valence-electron chi connectivity index (χ0n) is 15.6. The molecule has 0 radical (unpaired) electrons. The molecule has 3 N–H and O–H groups in total. The Morgan fingerprint density at radius 1 is 1.27 bits per heavy atom. The van der Waals surface area contributed by atoms with E-state index in [-0.39, 0.29) is 5.41 Å². The third-order valence-electron chi connectivity index (χ3n) is 5.48. The van der Waals surface area contributed by atoms with Gasteiger partial charge in [0.05, 0.1) is 20.9 Å². The van der Waals surface area contributed by atoms with Crippen LogP contribution in [0.25, 0.3) is 0 Å². The zero-order chi connectivity index (χ0) is 17.6. The summed E-state index contributed by atoms with van der Waals surface area (Å²) in [6.45, 7) is 1.71. The zero-order valence-corrected chi connectivity index (χ0v) is 13.6. The van der Waals surface area contributed by atoms with Gasteiger partial charge in [-0.1, -0.05) is 12.1 Å². The van der Waals surface area contributed by atoms with Gasteiger partial charge in [0.25, 0.3) is 0 Å². The molecular weight excluding hydrogens is 274 g/mol. The van der Waals surface area contributed by atoms with Gasteiger partial charge >= 0.3 is 0 Å². The molecule has 0 spiro atoms. The first-order valence-electron chi connectivity index (χ1n) is 9.40. The van der Waals surface area contributed by atoms with Crippen molar-refractivity contribution in [3.05, 3.63) is 29.8 Å². The van der Waals surface area contributed by atoms with Crippen molar-refractivity contribution < 1.29 is 12.6 Å². The molecule has 3 aliphatic carbocycles. The first-order valence-corrected chi connectivity index (χ1v) is 8.40. The van der Waals surface area contributed by atoms with Gasteiger partial charge in [-0.3, -0.25) is 0 Å². The molecule has 1 atom stereocenters. The Hall–Kier alpha value is -1.06. The number of hydrogen-bond donors (Lipinski definition) is 2. The van der Waals surface area contributed by atoms with E-state index in [4.69, 9.17) is 13.2 Å². The molecule has 1 unspecified atom stereocenters. The van der Waals surface area contributed by atoms with Gasteiger partial charge in [0.1, 0.15) is 5.75 Å². The van der Waals surface area contributed by atoms with E-state index in [1.165, 1.54) is 0 Å². The van der Waals surface area contributed by atoms with Gasteiger partial charge in [-0.25, -0.2) is 0 Å². The van der Waals surface area contributed by atoms with Crippen molar-refractivity contribution in [2.45, 2.75) is 64.0 Å². The second-order valence-corrected chi connectivity index (χ2v) is 7.67. The molecule has 3 saturated carbocycles. The number of rotatable bonds is 5. The fourth-order valence-electron chi connectivity index (χ4n) is 3.72. The second-order valence-electron chi connectivity index (χ2n) is 7.67. The average Bonchev–Trinajstić information content (AvgIpc) is 2.55. The molecule has 2 bridgehead atoms. The minimum absolute atomic E-state index is 0.343. The van der Waals surface area contributed by atoms with Crippen LogP contribution in [-0.2, 0) is 0 Å². The van der Waals surface area contributed by atoms with Crippen LogP contribution < -0.4 is 10.5 Å². The predicted octanol–water partition coefficient (Wildman–Crippen LogP) is 3.81. The van der Waals surface area contributed by atoms with Crippen LogP contribution in [0.1, 0.15) is 66.7 Å². The molecule has 0 amide bonds. The van der Waals surface area contributed by atoms with Crippen LogP contribution >= 0.6 is 0 Å². The van der Waals surface area contributed by atoms with E-state index in [0.717, 1.165) is 50.0 Å². The van der Waals surface area contributed by atoms with Gasteiger partial charge in [0.15, 0.2) is 0 Å². The van der Waals surface area contributed by atoms with Crippen molar-refractivity contribution in [3.8, 4) is 5.75 Å². The Kier molecular flexibility index (Phi) is 3.56. The van der Waals surface area contributed by atoms with E-state index in [0.29, 0.717) is 5.75 Å². The molecule has 3 aliphatic rings. The van der Waals surface area contributed by atoms with Gasteiger partial charge in [0.2, 0.25) is 0 Å². The average molecular weight is 305 g/mol. The maximum atomic E-state index is 10.0. The summed E-state index contributed by atoms with van der Waals surface area (Å²) < 4.78 is 22.9. The summed E-state index contributed by atoms with van der Waals surface area (Å²) in [4.78, 5) is 0. The smallest absolute Gasteiger partial charge is 0.119 e. The summed E-state index contributed by atoms with van der Waals surface area (Å²) in [5, 5.41) is 10.0. The monoisotopic (exact) mass is 305 g/mol. The SMILES string of the molecule is [2H]C([2H])(Oc1ccc(C(N)C(C)(C)O)cc1)C12CCC(CC1)CC2. The molecule has 1 aromatic carbocycles. The van der Waals surface area contributed by atoms with Gasteiger partial charge < -0.3 is 15.6 Å². The van der Waals surface area contributed by atoms with E-state index >= 15 is 0 Å². The van der Waals surface area contributed by atoms with Crippen molar-refractivity contribution >= 4 is 0 Å². The van der Waals surface area contributed by atoms with Crippen LogP contribution in [0, 0.1) is 11.3 Å². The fraction of sp³-hybridized carbons (Fsp3) is 0.684. The third-order valence-corrected chi connectivity index (χ3v) is 5.48. The highest BCUT2D eigenvalue weighted by Gasteiger charge is 2.40. The van der Waals surface area contributed by atoms with E-state index < -0.39 is 18.2 Å². The normalized spacial score (nSPS) is 31.4. The van der Waals surface area contributed by atoms with Crippen LogP contribution in [0.15, 0.2) is 24.3 Å². The highest BCUT2D eigenvalue weighted by molar-refractivity contribution is 5.30. The largest absolute Gasteiger partial charge is 0.493 e. The van der Waals surface area contributed by atoms with Gasteiger partial charge in [-0.05, 0) is 76.0 Å². The lowest BCUT2D eigenvalue weighted by Crippen LogP contribution is -2.38. The highest BCUT2D eigenvalue weighted by atomic mass is 16.5. The highest BCUT2D eigenvalue weighted by Crippen LogP contribution is 2.50. The van der Waals surface area contributed by atoms with Crippen molar-refractivity contribution in [2.75, 3.05) is 6.56 Å². The van der Waals surface area contributed by atoms with E-state index in [2.05, 4.69) is 0 Å². The first kappa shape index (κ1) is 13.4. The molecule has 122 valence electrons. The van der Waals surface area contributed by atoms with Crippen molar-refractivity contribution in [1.29, 1.82) is 0 Å². The van der Waals surface area contributed by atoms with Crippen molar-refractivity contribution in [1.82, 2.24) is 0 Å². The molecule has 4 rings (SSSR count). The molecule has 0 saturated heterocycles. The van der Waals surface area contributed by atoms with Crippen molar-refractivity contribution in [2.24, 2.45) is 17.1 Å². The second kappa shape index (κ2) is 5.86. The third kappa shape index (κ3) is 3.31. The lowest BCUT2D eigenvalue weighted by molar-refractivity contribution is 0.0191. The Labute approximate surface area is 136 Å². The van der Waals surface area contributed by atoms with E-state index in [1.807, 2.05) is 12.1 Å². The predicted molar refractivity (Wildman–Crippen MR) is 88.8 cm³/mol.